The van der Waals surface area contributed by atoms with Crippen molar-refractivity contribution >= 4 is 0 Å². The minimum Gasteiger partial charge on any atom is -0.393 e. The number of hydrogen-bond donors (Lipinski definition) is 1. The Labute approximate surface area is 192 Å². The molecule has 0 saturated heterocycles. The number of aliphatic hydroxyl groups excluding tert-OH is 1. The fourth-order valence-electron chi connectivity index (χ4n) is 10.8. The maximum atomic E-state index is 10.8. The van der Waals surface area contributed by atoms with E-state index in [0.717, 1.165) is 24.2 Å². The summed E-state index contributed by atoms with van der Waals surface area (Å²) in [6.45, 7) is 19.0. The lowest BCUT2D eigenvalue weighted by atomic mass is 9.42. The van der Waals surface area contributed by atoms with E-state index in [1.807, 2.05) is 0 Å². The molecule has 0 radical (unpaired) electrons. The molecule has 0 bridgehead atoms. The van der Waals surface area contributed by atoms with Crippen LogP contribution in [0.2, 0.25) is 0 Å². The van der Waals surface area contributed by atoms with Crippen molar-refractivity contribution in [2.45, 2.75) is 125 Å². The molecule has 1 unspecified atom stereocenters. The van der Waals surface area contributed by atoms with Gasteiger partial charge in [-0.05, 0) is 128 Å². The number of hydrogen-bond acceptors (Lipinski definition) is 1. The normalized spacial score (nSPS) is 53.0. The summed E-state index contributed by atoms with van der Waals surface area (Å²) >= 11 is 0. The van der Waals surface area contributed by atoms with Crippen molar-refractivity contribution in [3.05, 3.63) is 12.2 Å². The van der Waals surface area contributed by atoms with Crippen molar-refractivity contribution < 1.29 is 5.11 Å². The highest BCUT2D eigenvalue weighted by Crippen LogP contribution is 2.88. The first-order chi connectivity index (χ1) is 14.4. The molecule has 176 valence electrons. The van der Waals surface area contributed by atoms with Crippen LogP contribution in [0.15, 0.2) is 12.2 Å². The van der Waals surface area contributed by atoms with E-state index in [9.17, 15) is 5.11 Å². The highest BCUT2D eigenvalue weighted by Gasteiger charge is 2.81. The topological polar surface area (TPSA) is 20.2 Å². The summed E-state index contributed by atoms with van der Waals surface area (Å²) in [7, 11) is 0. The molecule has 0 amide bonds. The third-order valence-electron chi connectivity index (χ3n) is 13.3. The number of fused-ring (bicyclic) bond motifs is 2. The van der Waals surface area contributed by atoms with Gasteiger partial charge in [0.25, 0.3) is 0 Å². The molecule has 5 aliphatic carbocycles. The zero-order valence-corrected chi connectivity index (χ0v) is 21.5. The minimum atomic E-state index is -0.0841. The molecule has 9 atom stereocenters. The van der Waals surface area contributed by atoms with Gasteiger partial charge < -0.3 is 5.11 Å². The second-order valence-corrected chi connectivity index (χ2v) is 14.3. The van der Waals surface area contributed by atoms with Gasteiger partial charge in [0, 0.05) is 0 Å². The summed E-state index contributed by atoms with van der Waals surface area (Å²) in [4.78, 5) is 0. The Hall–Kier alpha value is -0.300. The van der Waals surface area contributed by atoms with Crippen LogP contribution in [-0.4, -0.2) is 11.2 Å². The fraction of sp³-hybridized carbons (Fsp3) is 0.933. The van der Waals surface area contributed by atoms with Gasteiger partial charge in [0.1, 0.15) is 0 Å². The first kappa shape index (κ1) is 22.5. The van der Waals surface area contributed by atoms with Crippen LogP contribution in [0.1, 0.15) is 119 Å². The summed E-state index contributed by atoms with van der Waals surface area (Å²) in [5, 5.41) is 10.8. The van der Waals surface area contributed by atoms with Crippen LogP contribution in [0.4, 0.5) is 0 Å². The molecule has 5 rings (SSSR count). The van der Waals surface area contributed by atoms with Gasteiger partial charge in [0.15, 0.2) is 0 Å². The number of allylic oxidation sites excluding steroid dienone is 1. The maximum Gasteiger partial charge on any atom is 0.0594 e. The number of rotatable bonds is 5. The summed E-state index contributed by atoms with van der Waals surface area (Å²) in [5.41, 5.74) is 3.79. The Bertz CT molecular complexity index is 752. The maximum absolute atomic E-state index is 10.8. The summed E-state index contributed by atoms with van der Waals surface area (Å²) < 4.78 is 0. The van der Waals surface area contributed by atoms with Gasteiger partial charge in [0.05, 0.1) is 6.10 Å². The van der Waals surface area contributed by atoms with E-state index in [-0.39, 0.29) is 11.5 Å². The van der Waals surface area contributed by atoms with Crippen LogP contribution >= 0.6 is 0 Å². The second kappa shape index (κ2) is 6.86. The molecule has 5 fully saturated rings. The molecule has 2 spiro atoms. The Kier molecular flexibility index (Phi) is 4.98. The quantitative estimate of drug-likeness (QED) is 0.439. The lowest BCUT2D eigenvalue weighted by Crippen LogP contribution is -2.57. The molecule has 1 heteroatoms. The predicted octanol–water partition coefficient (Wildman–Crippen LogP) is 8.17. The first-order valence-corrected chi connectivity index (χ1v) is 13.8. The van der Waals surface area contributed by atoms with Crippen molar-refractivity contribution in [3.8, 4) is 0 Å². The lowest BCUT2D eigenvalue weighted by Gasteiger charge is -2.63. The zero-order valence-electron chi connectivity index (χ0n) is 21.5. The molecule has 1 N–H and O–H groups in total. The van der Waals surface area contributed by atoms with Crippen LogP contribution in [0.25, 0.3) is 0 Å². The number of aliphatic hydroxyl groups is 1. The molecule has 0 heterocycles. The van der Waals surface area contributed by atoms with Crippen LogP contribution in [0, 0.1) is 50.7 Å². The van der Waals surface area contributed by atoms with E-state index < -0.39 is 0 Å². The SMILES string of the molecule is C=C(C)C(C)CCC[C@H]1CC[C@@]2(C)[C@@H]3CC[C@H]4C(C)(C)[C@@H](O)CC[C@@]45C[C@@]35CC[C@]12C. The Morgan fingerprint density at radius 2 is 1.58 bits per heavy atom. The monoisotopic (exact) mass is 426 g/mol. The van der Waals surface area contributed by atoms with Crippen molar-refractivity contribution in [1.29, 1.82) is 0 Å². The Morgan fingerprint density at radius 1 is 0.903 bits per heavy atom. The molecular weight excluding hydrogens is 376 g/mol. The summed E-state index contributed by atoms with van der Waals surface area (Å²) in [6, 6.07) is 0. The molecule has 0 aliphatic heterocycles. The van der Waals surface area contributed by atoms with Crippen LogP contribution < -0.4 is 0 Å². The third kappa shape index (κ3) is 2.71. The van der Waals surface area contributed by atoms with Gasteiger partial charge in [-0.3, -0.25) is 0 Å². The summed E-state index contributed by atoms with van der Waals surface area (Å²) in [6.07, 6.45) is 16.7. The van der Waals surface area contributed by atoms with E-state index in [1.165, 1.54) is 76.2 Å². The van der Waals surface area contributed by atoms with Gasteiger partial charge in [-0.2, -0.15) is 0 Å². The predicted molar refractivity (Wildman–Crippen MR) is 131 cm³/mol. The molecule has 5 aliphatic rings. The smallest absolute Gasteiger partial charge is 0.0594 e. The van der Waals surface area contributed by atoms with E-state index in [2.05, 4.69) is 48.1 Å². The zero-order chi connectivity index (χ0) is 22.4. The van der Waals surface area contributed by atoms with E-state index in [1.54, 1.807) is 0 Å². The molecule has 0 aromatic carbocycles. The average Bonchev–Trinajstić information content (AvgIpc) is 3.30. The average molecular weight is 427 g/mol. The highest BCUT2D eigenvalue weighted by atomic mass is 16.3. The van der Waals surface area contributed by atoms with Gasteiger partial charge in [-0.1, -0.05) is 53.2 Å². The summed E-state index contributed by atoms with van der Waals surface area (Å²) in [5.74, 6) is 3.32. The molecule has 0 aromatic heterocycles. The van der Waals surface area contributed by atoms with Gasteiger partial charge in [-0.25, -0.2) is 0 Å². The Balaban J connectivity index is 1.36. The van der Waals surface area contributed by atoms with Crippen LogP contribution in [0.3, 0.4) is 0 Å². The highest BCUT2D eigenvalue weighted by molar-refractivity contribution is 5.30. The van der Waals surface area contributed by atoms with Crippen molar-refractivity contribution in [2.24, 2.45) is 50.7 Å². The van der Waals surface area contributed by atoms with Crippen LogP contribution in [0.5, 0.6) is 0 Å². The van der Waals surface area contributed by atoms with Crippen molar-refractivity contribution in [1.82, 2.24) is 0 Å². The van der Waals surface area contributed by atoms with E-state index in [0.29, 0.717) is 27.6 Å². The largest absolute Gasteiger partial charge is 0.393 e. The lowest BCUT2D eigenvalue weighted by molar-refractivity contribution is -0.159. The second-order valence-electron chi connectivity index (χ2n) is 14.3. The van der Waals surface area contributed by atoms with Gasteiger partial charge in [0.2, 0.25) is 0 Å². The minimum absolute atomic E-state index is 0.0841. The fourth-order valence-corrected chi connectivity index (χ4v) is 10.8. The molecule has 31 heavy (non-hydrogen) atoms. The van der Waals surface area contributed by atoms with Gasteiger partial charge >= 0.3 is 0 Å². The van der Waals surface area contributed by atoms with E-state index in [4.69, 9.17) is 0 Å². The standard InChI is InChI=1S/C30H50O/c1-20(2)21(3)9-8-10-22-13-15-28(7)24-12-11-23-26(4,5)25(31)14-16-29(23)19-30(24,29)18-17-27(22,28)6/h21-25,31H,1,8-19H2,2-7H3/t21?,22-,23-,24-,25-,27+,28-,29+,30-/m0/s1. The Morgan fingerprint density at radius 3 is 2.29 bits per heavy atom. The molecular formula is C30H50O. The van der Waals surface area contributed by atoms with Crippen LogP contribution in [-0.2, 0) is 0 Å². The third-order valence-corrected chi connectivity index (χ3v) is 13.3. The molecule has 0 aromatic rings. The molecule has 5 saturated carbocycles. The van der Waals surface area contributed by atoms with Crippen molar-refractivity contribution in [3.63, 3.8) is 0 Å². The van der Waals surface area contributed by atoms with E-state index >= 15 is 0 Å². The van der Waals surface area contributed by atoms with Gasteiger partial charge in [-0.15, -0.1) is 0 Å². The molecule has 1 nitrogen and oxygen atoms in total. The van der Waals surface area contributed by atoms with Crippen molar-refractivity contribution in [2.75, 3.05) is 0 Å². The first-order valence-electron chi connectivity index (χ1n) is 13.8.